The van der Waals surface area contributed by atoms with Crippen LogP contribution in [0.5, 0.6) is 0 Å². The smallest absolute Gasteiger partial charge is 0.399 e. The van der Waals surface area contributed by atoms with Crippen molar-refractivity contribution < 1.29 is 18.0 Å². The minimum atomic E-state index is -4.30. The first-order valence-corrected chi connectivity index (χ1v) is 4.20. The fourth-order valence-corrected chi connectivity index (χ4v) is 1.09. The quantitative estimate of drug-likeness (QED) is 0.551. The van der Waals surface area contributed by atoms with E-state index in [9.17, 15) is 13.2 Å². The van der Waals surface area contributed by atoms with E-state index in [4.69, 9.17) is 0 Å². The van der Waals surface area contributed by atoms with Crippen LogP contribution in [0.4, 0.5) is 13.2 Å². The first kappa shape index (κ1) is 11.6. The lowest BCUT2D eigenvalue weighted by Gasteiger charge is -2.06. The van der Waals surface area contributed by atoms with Crippen molar-refractivity contribution in [3.63, 3.8) is 0 Å². The van der Waals surface area contributed by atoms with Gasteiger partial charge in [-0.3, -0.25) is 0 Å². The Hall–Kier alpha value is -1.52. The Balaban J connectivity index is 2.96. The highest BCUT2D eigenvalue weighted by Crippen LogP contribution is 2.29. The van der Waals surface area contributed by atoms with Crippen LogP contribution in [0.3, 0.4) is 0 Å². The summed E-state index contributed by atoms with van der Waals surface area (Å²) in [5.41, 5.74) is 0.465. The SMILES string of the molecule is CO/N=C(/C)c1ccc(C(F)(F)F)cc1. The second kappa shape index (κ2) is 4.33. The zero-order valence-corrected chi connectivity index (χ0v) is 8.30. The molecule has 0 radical (unpaired) electrons. The Labute approximate surface area is 85.4 Å². The molecule has 0 aliphatic heterocycles. The van der Waals surface area contributed by atoms with Gasteiger partial charge in [0.1, 0.15) is 7.11 Å². The normalized spacial score (nSPS) is 12.7. The van der Waals surface area contributed by atoms with E-state index in [-0.39, 0.29) is 0 Å². The van der Waals surface area contributed by atoms with Gasteiger partial charge in [0.15, 0.2) is 0 Å². The molecule has 1 aromatic carbocycles. The van der Waals surface area contributed by atoms with Crippen molar-refractivity contribution in [2.45, 2.75) is 13.1 Å². The van der Waals surface area contributed by atoms with E-state index in [2.05, 4.69) is 9.99 Å². The highest BCUT2D eigenvalue weighted by Gasteiger charge is 2.29. The van der Waals surface area contributed by atoms with E-state index in [1.54, 1.807) is 6.92 Å². The Bertz CT molecular complexity index is 354. The molecule has 0 aromatic heterocycles. The zero-order chi connectivity index (χ0) is 11.5. The summed E-state index contributed by atoms with van der Waals surface area (Å²) in [6.45, 7) is 1.66. The highest BCUT2D eigenvalue weighted by molar-refractivity contribution is 5.98. The van der Waals surface area contributed by atoms with E-state index < -0.39 is 11.7 Å². The summed E-state index contributed by atoms with van der Waals surface area (Å²) in [5.74, 6) is 0. The maximum atomic E-state index is 12.2. The zero-order valence-electron chi connectivity index (χ0n) is 8.30. The van der Waals surface area contributed by atoms with Crippen molar-refractivity contribution in [1.29, 1.82) is 0 Å². The lowest BCUT2D eigenvalue weighted by atomic mass is 10.1. The van der Waals surface area contributed by atoms with Crippen LogP contribution in [0, 0.1) is 0 Å². The summed E-state index contributed by atoms with van der Waals surface area (Å²) >= 11 is 0. The van der Waals surface area contributed by atoms with Gasteiger partial charge in [0.05, 0.1) is 11.3 Å². The van der Waals surface area contributed by atoms with Crippen molar-refractivity contribution >= 4 is 5.71 Å². The molecule has 0 N–H and O–H groups in total. The second-order valence-electron chi connectivity index (χ2n) is 2.93. The molecular formula is C10H10F3NO. The molecule has 0 amide bonds. The maximum Gasteiger partial charge on any atom is 0.416 e. The number of alkyl halides is 3. The van der Waals surface area contributed by atoms with Crippen molar-refractivity contribution in [3.05, 3.63) is 35.4 Å². The molecule has 15 heavy (non-hydrogen) atoms. The van der Waals surface area contributed by atoms with Crippen LogP contribution >= 0.6 is 0 Å². The summed E-state index contributed by atoms with van der Waals surface area (Å²) in [6.07, 6.45) is -4.30. The fraction of sp³-hybridized carbons (Fsp3) is 0.300. The van der Waals surface area contributed by atoms with Crippen LogP contribution in [-0.2, 0) is 11.0 Å². The lowest BCUT2D eigenvalue weighted by Crippen LogP contribution is -2.05. The summed E-state index contributed by atoms with van der Waals surface area (Å²) < 4.78 is 36.6. The minimum Gasteiger partial charge on any atom is -0.399 e. The number of oxime groups is 1. The van der Waals surface area contributed by atoms with Gasteiger partial charge < -0.3 is 4.84 Å². The van der Waals surface area contributed by atoms with Gasteiger partial charge in [-0.2, -0.15) is 13.2 Å². The average Bonchev–Trinajstić information content (AvgIpc) is 2.17. The molecule has 0 heterocycles. The number of benzene rings is 1. The molecule has 0 aliphatic carbocycles. The van der Waals surface area contributed by atoms with Crippen molar-refractivity contribution in [2.75, 3.05) is 7.11 Å². The molecule has 0 saturated carbocycles. The highest BCUT2D eigenvalue weighted by atomic mass is 19.4. The molecule has 0 fully saturated rings. The van der Waals surface area contributed by atoms with Gasteiger partial charge in [0.25, 0.3) is 0 Å². The number of halogens is 3. The van der Waals surface area contributed by atoms with Gasteiger partial charge in [-0.25, -0.2) is 0 Å². The van der Waals surface area contributed by atoms with Gasteiger partial charge in [-0.1, -0.05) is 17.3 Å². The van der Waals surface area contributed by atoms with E-state index in [0.717, 1.165) is 12.1 Å². The number of rotatable bonds is 2. The predicted molar refractivity (Wildman–Crippen MR) is 50.7 cm³/mol. The van der Waals surface area contributed by atoms with Crippen molar-refractivity contribution in [3.8, 4) is 0 Å². The third-order valence-corrected chi connectivity index (χ3v) is 1.86. The monoisotopic (exact) mass is 217 g/mol. The summed E-state index contributed by atoms with van der Waals surface area (Å²) in [4.78, 5) is 4.52. The molecule has 1 rings (SSSR count). The van der Waals surface area contributed by atoms with E-state index in [1.807, 2.05) is 0 Å². The predicted octanol–water partition coefficient (Wildman–Crippen LogP) is 3.08. The number of hydrogen-bond acceptors (Lipinski definition) is 2. The van der Waals surface area contributed by atoms with Gasteiger partial charge >= 0.3 is 6.18 Å². The molecule has 0 spiro atoms. The minimum absolute atomic E-state index is 0.534. The van der Waals surface area contributed by atoms with Crippen LogP contribution in [0.1, 0.15) is 18.1 Å². The largest absolute Gasteiger partial charge is 0.416 e. The second-order valence-corrected chi connectivity index (χ2v) is 2.93. The number of nitrogens with zero attached hydrogens (tertiary/aromatic N) is 1. The third kappa shape index (κ3) is 2.97. The first-order valence-electron chi connectivity index (χ1n) is 4.20. The molecule has 2 nitrogen and oxygen atoms in total. The Morgan fingerprint density at radius 2 is 1.73 bits per heavy atom. The molecule has 1 aromatic rings. The summed E-state index contributed by atoms with van der Waals surface area (Å²) in [6, 6.07) is 4.76. The Morgan fingerprint density at radius 1 is 1.20 bits per heavy atom. The van der Waals surface area contributed by atoms with Crippen LogP contribution in [-0.4, -0.2) is 12.8 Å². The molecule has 0 bridgehead atoms. The lowest BCUT2D eigenvalue weighted by molar-refractivity contribution is -0.137. The Morgan fingerprint density at radius 3 is 2.13 bits per heavy atom. The topological polar surface area (TPSA) is 21.6 Å². The van der Waals surface area contributed by atoms with Gasteiger partial charge in [-0.15, -0.1) is 0 Å². The van der Waals surface area contributed by atoms with Crippen LogP contribution < -0.4 is 0 Å². The van der Waals surface area contributed by atoms with E-state index >= 15 is 0 Å². The molecule has 82 valence electrons. The molecule has 0 saturated heterocycles. The molecule has 0 unspecified atom stereocenters. The van der Waals surface area contributed by atoms with Crippen LogP contribution in [0.15, 0.2) is 29.4 Å². The maximum absolute atomic E-state index is 12.2. The molecule has 0 atom stereocenters. The van der Waals surface area contributed by atoms with E-state index in [1.165, 1.54) is 19.2 Å². The molecule has 0 aliphatic rings. The fourth-order valence-electron chi connectivity index (χ4n) is 1.09. The standard InChI is InChI=1S/C10H10F3NO/c1-7(14-15-2)8-3-5-9(6-4-8)10(11,12)13/h3-6H,1-2H3/b14-7-. The summed E-state index contributed by atoms with van der Waals surface area (Å²) in [5, 5.41) is 3.62. The van der Waals surface area contributed by atoms with E-state index in [0.29, 0.717) is 11.3 Å². The first-order chi connectivity index (χ1) is 6.95. The van der Waals surface area contributed by atoms with Gasteiger partial charge in [-0.05, 0) is 24.6 Å². The average molecular weight is 217 g/mol. The van der Waals surface area contributed by atoms with Crippen LogP contribution in [0.25, 0.3) is 0 Å². The van der Waals surface area contributed by atoms with Gasteiger partial charge in [0.2, 0.25) is 0 Å². The Kier molecular flexibility index (Phi) is 3.34. The van der Waals surface area contributed by atoms with Crippen molar-refractivity contribution in [2.24, 2.45) is 5.16 Å². The molecular weight excluding hydrogens is 207 g/mol. The van der Waals surface area contributed by atoms with Crippen LogP contribution in [0.2, 0.25) is 0 Å². The van der Waals surface area contributed by atoms with Crippen molar-refractivity contribution in [1.82, 2.24) is 0 Å². The third-order valence-electron chi connectivity index (χ3n) is 1.86. The molecule has 5 heteroatoms. The summed E-state index contributed by atoms with van der Waals surface area (Å²) in [7, 11) is 1.38. The van der Waals surface area contributed by atoms with Gasteiger partial charge in [0, 0.05) is 0 Å². The number of hydrogen-bond donors (Lipinski definition) is 0.